The second kappa shape index (κ2) is 5.65. The maximum atomic E-state index is 9.76. The molecule has 1 radical (unpaired) electrons. The highest BCUT2D eigenvalue weighted by Crippen LogP contribution is 2.24. The second-order valence-electron chi connectivity index (χ2n) is 5.35. The van der Waals surface area contributed by atoms with Crippen LogP contribution in [0.15, 0.2) is 0 Å². The molecule has 17 heavy (non-hydrogen) atoms. The second-order valence-corrected chi connectivity index (χ2v) is 5.35. The van der Waals surface area contributed by atoms with Gasteiger partial charge in [0.2, 0.25) is 0 Å². The van der Waals surface area contributed by atoms with Gasteiger partial charge in [0, 0.05) is 13.0 Å². The Labute approximate surface area is 104 Å². The molecule has 4 nitrogen and oxygen atoms in total. The number of ether oxygens (including phenoxy) is 2. The van der Waals surface area contributed by atoms with Crippen LogP contribution in [-0.4, -0.2) is 54.7 Å². The minimum absolute atomic E-state index is 0.199. The number of hydrogen-bond acceptors (Lipinski definition) is 4. The Bertz CT molecular complexity index is 241. The molecule has 0 aromatic carbocycles. The first-order valence-corrected chi connectivity index (χ1v) is 6.60. The van der Waals surface area contributed by atoms with Gasteiger partial charge in [0.05, 0.1) is 19.3 Å². The topological polar surface area (TPSA) is 41.9 Å². The van der Waals surface area contributed by atoms with Crippen LogP contribution in [0, 0.1) is 12.8 Å². The molecule has 1 N–H and O–H groups in total. The zero-order valence-electron chi connectivity index (χ0n) is 10.7. The van der Waals surface area contributed by atoms with Crippen LogP contribution >= 0.6 is 0 Å². The summed E-state index contributed by atoms with van der Waals surface area (Å²) in [5.41, 5.74) is 0. The lowest BCUT2D eigenvalue weighted by molar-refractivity contribution is -0.148. The zero-order valence-corrected chi connectivity index (χ0v) is 10.7. The molecule has 0 bridgehead atoms. The van der Waals surface area contributed by atoms with Gasteiger partial charge in [-0.25, -0.2) is 0 Å². The van der Waals surface area contributed by atoms with Crippen molar-refractivity contribution in [2.24, 2.45) is 5.92 Å². The van der Waals surface area contributed by atoms with Crippen LogP contribution in [0.1, 0.15) is 26.2 Å². The Hall–Kier alpha value is -0.160. The maximum Gasteiger partial charge on any atom is 0.165 e. The molecular formula is C13H24NO3. The van der Waals surface area contributed by atoms with E-state index in [0.29, 0.717) is 13.2 Å². The van der Waals surface area contributed by atoms with Crippen molar-refractivity contribution in [2.75, 3.05) is 32.8 Å². The molecule has 2 aliphatic heterocycles. The molecule has 2 heterocycles. The van der Waals surface area contributed by atoms with E-state index in [4.69, 9.17) is 9.47 Å². The summed E-state index contributed by atoms with van der Waals surface area (Å²) < 4.78 is 11.1. The fourth-order valence-corrected chi connectivity index (χ4v) is 2.57. The summed E-state index contributed by atoms with van der Waals surface area (Å²) in [5.74, 6) is -0.172. The van der Waals surface area contributed by atoms with Gasteiger partial charge in [0.1, 0.15) is 0 Å². The van der Waals surface area contributed by atoms with Crippen LogP contribution in [0.3, 0.4) is 0 Å². The Kier molecular flexibility index (Phi) is 4.42. The van der Waals surface area contributed by atoms with Crippen molar-refractivity contribution in [3.05, 3.63) is 6.92 Å². The lowest BCUT2D eigenvalue weighted by atomic mass is 9.96. The highest BCUT2D eigenvalue weighted by Gasteiger charge is 2.31. The quantitative estimate of drug-likeness (QED) is 0.800. The summed E-state index contributed by atoms with van der Waals surface area (Å²) >= 11 is 0. The van der Waals surface area contributed by atoms with Gasteiger partial charge in [-0.15, -0.1) is 0 Å². The van der Waals surface area contributed by atoms with Gasteiger partial charge in [0.25, 0.3) is 0 Å². The smallest absolute Gasteiger partial charge is 0.165 e. The lowest BCUT2D eigenvalue weighted by Gasteiger charge is -2.34. The third-order valence-electron chi connectivity index (χ3n) is 3.81. The van der Waals surface area contributed by atoms with Gasteiger partial charge in [0.15, 0.2) is 5.79 Å². The number of β-amino-alcohol motifs (C(OH)–C–C–N with tert-alkyl or cyclic N) is 1. The Morgan fingerprint density at radius 3 is 2.76 bits per heavy atom. The Morgan fingerprint density at radius 2 is 2.12 bits per heavy atom. The molecular weight excluding hydrogens is 218 g/mol. The van der Waals surface area contributed by atoms with Crippen molar-refractivity contribution in [2.45, 2.75) is 38.1 Å². The van der Waals surface area contributed by atoms with Crippen LogP contribution in [0.2, 0.25) is 0 Å². The molecule has 0 saturated carbocycles. The Balaban J connectivity index is 1.65. The number of nitrogens with zero attached hydrogens (tertiary/aromatic N) is 1. The van der Waals surface area contributed by atoms with Crippen LogP contribution in [0.5, 0.6) is 0 Å². The van der Waals surface area contributed by atoms with Crippen molar-refractivity contribution in [3.8, 4) is 0 Å². The molecule has 4 heteroatoms. The van der Waals surface area contributed by atoms with Crippen LogP contribution in [-0.2, 0) is 9.47 Å². The van der Waals surface area contributed by atoms with Gasteiger partial charge < -0.3 is 19.5 Å². The molecule has 2 rings (SSSR count). The van der Waals surface area contributed by atoms with E-state index in [1.807, 2.05) is 6.92 Å². The lowest BCUT2D eigenvalue weighted by Crippen LogP contribution is -2.43. The monoisotopic (exact) mass is 242 g/mol. The first-order valence-electron chi connectivity index (χ1n) is 6.60. The predicted molar refractivity (Wildman–Crippen MR) is 65.5 cm³/mol. The summed E-state index contributed by atoms with van der Waals surface area (Å²) in [4.78, 5) is 2.31. The minimum Gasteiger partial charge on any atom is -0.392 e. The molecule has 2 saturated heterocycles. The molecule has 0 spiro atoms. The number of likely N-dealkylation sites (tertiary alicyclic amines) is 1. The SMILES string of the molecule is [CH2][C@H]1CCN(CCCC2(C)OCCO2)C[C@@H]1O. The summed E-state index contributed by atoms with van der Waals surface area (Å²) in [6.07, 6.45) is 2.70. The summed E-state index contributed by atoms with van der Waals surface area (Å²) in [6, 6.07) is 0. The fourth-order valence-electron chi connectivity index (χ4n) is 2.57. The summed E-state index contributed by atoms with van der Waals surface area (Å²) in [7, 11) is 0. The molecule has 0 amide bonds. The summed E-state index contributed by atoms with van der Waals surface area (Å²) in [5, 5.41) is 9.76. The van der Waals surface area contributed by atoms with Gasteiger partial charge in [-0.05, 0) is 45.7 Å². The number of piperidine rings is 1. The highest BCUT2D eigenvalue weighted by molar-refractivity contribution is 4.81. The van der Waals surface area contributed by atoms with Crippen molar-refractivity contribution >= 4 is 0 Å². The zero-order chi connectivity index (χ0) is 12.3. The van der Waals surface area contributed by atoms with E-state index in [2.05, 4.69) is 11.8 Å². The maximum absolute atomic E-state index is 9.76. The number of hydrogen-bond donors (Lipinski definition) is 1. The van der Waals surface area contributed by atoms with Crippen molar-refractivity contribution in [3.63, 3.8) is 0 Å². The average Bonchev–Trinajstić information content (AvgIpc) is 2.71. The van der Waals surface area contributed by atoms with E-state index < -0.39 is 0 Å². The predicted octanol–water partition coefficient (Wildman–Crippen LogP) is 1.05. The fraction of sp³-hybridized carbons (Fsp3) is 0.923. The molecule has 0 aromatic rings. The van der Waals surface area contributed by atoms with Crippen molar-refractivity contribution in [1.82, 2.24) is 4.90 Å². The minimum atomic E-state index is -0.372. The van der Waals surface area contributed by atoms with Crippen LogP contribution in [0.4, 0.5) is 0 Å². The summed E-state index contributed by atoms with van der Waals surface area (Å²) in [6.45, 7) is 10.2. The van der Waals surface area contributed by atoms with E-state index >= 15 is 0 Å². The normalized spacial score (nSPS) is 34.1. The number of rotatable bonds is 4. The first kappa shape index (κ1) is 13.3. The van der Waals surface area contributed by atoms with Gasteiger partial charge in [-0.3, -0.25) is 0 Å². The van der Waals surface area contributed by atoms with Crippen molar-refractivity contribution < 1.29 is 14.6 Å². The van der Waals surface area contributed by atoms with E-state index in [1.165, 1.54) is 0 Å². The standard InChI is InChI=1S/C13H24NO3/c1-11-4-7-14(10-12(11)15)6-3-5-13(2)16-8-9-17-13/h11-12,15H,1,3-10H2,2H3/t11-,12-/m0/s1. The Morgan fingerprint density at radius 1 is 1.41 bits per heavy atom. The number of aliphatic hydroxyl groups is 1. The molecule has 0 aromatic heterocycles. The van der Waals surface area contributed by atoms with Crippen LogP contribution in [0.25, 0.3) is 0 Å². The van der Waals surface area contributed by atoms with Gasteiger partial charge in [-0.2, -0.15) is 0 Å². The van der Waals surface area contributed by atoms with E-state index in [9.17, 15) is 5.11 Å². The molecule has 0 unspecified atom stereocenters. The molecule has 2 aliphatic rings. The first-order chi connectivity index (χ1) is 8.09. The molecule has 2 atom stereocenters. The third-order valence-corrected chi connectivity index (χ3v) is 3.81. The number of aliphatic hydroxyl groups excluding tert-OH is 1. The van der Waals surface area contributed by atoms with Gasteiger partial charge >= 0.3 is 0 Å². The molecule has 99 valence electrons. The van der Waals surface area contributed by atoms with Gasteiger partial charge in [-0.1, -0.05) is 0 Å². The largest absolute Gasteiger partial charge is 0.392 e. The third kappa shape index (κ3) is 3.65. The van der Waals surface area contributed by atoms with E-state index in [0.717, 1.165) is 38.9 Å². The van der Waals surface area contributed by atoms with Crippen LogP contribution < -0.4 is 0 Å². The van der Waals surface area contributed by atoms with E-state index in [-0.39, 0.29) is 17.8 Å². The highest BCUT2D eigenvalue weighted by atomic mass is 16.7. The average molecular weight is 242 g/mol. The molecule has 2 fully saturated rings. The molecule has 0 aliphatic carbocycles. The van der Waals surface area contributed by atoms with Crippen molar-refractivity contribution in [1.29, 1.82) is 0 Å². The van der Waals surface area contributed by atoms with E-state index in [1.54, 1.807) is 0 Å².